The Morgan fingerprint density at radius 1 is 0.933 bits per heavy atom. The van der Waals surface area contributed by atoms with Crippen LogP contribution in [0.25, 0.3) is 17.1 Å². The molecule has 1 heterocycles. The number of nitrogens with zero attached hydrogens (tertiary/aromatic N) is 3. The van der Waals surface area contributed by atoms with Gasteiger partial charge in [-0.2, -0.15) is 0 Å². The first-order valence-electron chi connectivity index (χ1n) is 9.60. The molecule has 6 heteroatoms. The molecule has 0 bridgehead atoms. The second-order valence-corrected chi connectivity index (χ2v) is 7.67. The molecule has 1 amide bonds. The Balaban J connectivity index is 1.83. The number of benzene rings is 3. The van der Waals surface area contributed by atoms with Gasteiger partial charge < -0.3 is 5.32 Å². The maximum atomic E-state index is 12.9. The minimum Gasteiger partial charge on any atom is -0.318 e. The monoisotopic (exact) mass is 416 g/mol. The molecule has 0 radical (unpaired) electrons. The molecule has 30 heavy (non-hydrogen) atoms. The van der Waals surface area contributed by atoms with E-state index in [9.17, 15) is 4.79 Å². The van der Waals surface area contributed by atoms with E-state index in [1.165, 1.54) is 0 Å². The third-order valence-electron chi connectivity index (χ3n) is 4.80. The van der Waals surface area contributed by atoms with Crippen LogP contribution in [0.2, 0.25) is 5.02 Å². The topological polar surface area (TPSA) is 59.8 Å². The van der Waals surface area contributed by atoms with Crippen LogP contribution in [-0.4, -0.2) is 20.7 Å². The van der Waals surface area contributed by atoms with E-state index in [1.807, 2.05) is 69.3 Å². The minimum atomic E-state index is -0.416. The van der Waals surface area contributed by atoms with Crippen LogP contribution in [0.4, 0.5) is 5.69 Å². The van der Waals surface area contributed by atoms with E-state index in [4.69, 9.17) is 11.6 Å². The van der Waals surface area contributed by atoms with Crippen LogP contribution in [-0.2, 0) is 0 Å². The Kier molecular flexibility index (Phi) is 5.38. The van der Waals surface area contributed by atoms with Crippen molar-refractivity contribution in [2.24, 2.45) is 0 Å². The first-order valence-corrected chi connectivity index (χ1v) is 9.98. The Morgan fingerprint density at radius 2 is 1.70 bits per heavy atom. The quantitative estimate of drug-likeness (QED) is 0.459. The molecular formula is C24H21ClN4O. The number of aromatic nitrogens is 3. The first-order chi connectivity index (χ1) is 14.4. The summed E-state index contributed by atoms with van der Waals surface area (Å²) in [5.74, 6) is 0.269. The molecule has 0 fully saturated rings. The van der Waals surface area contributed by atoms with Crippen molar-refractivity contribution in [3.63, 3.8) is 0 Å². The summed E-state index contributed by atoms with van der Waals surface area (Å²) in [4.78, 5) is 17.5. The summed E-state index contributed by atoms with van der Waals surface area (Å²) < 4.78 is 1.73. The summed E-state index contributed by atoms with van der Waals surface area (Å²) in [6, 6.07) is 21.2. The van der Waals surface area contributed by atoms with E-state index in [2.05, 4.69) is 15.4 Å². The number of hydrogen-bond acceptors (Lipinski definition) is 3. The second kappa shape index (κ2) is 8.13. The molecule has 4 aromatic rings. The highest BCUT2D eigenvalue weighted by molar-refractivity contribution is 6.33. The van der Waals surface area contributed by atoms with Crippen molar-refractivity contribution in [1.29, 1.82) is 0 Å². The lowest BCUT2D eigenvalue weighted by Gasteiger charge is -2.10. The summed E-state index contributed by atoms with van der Waals surface area (Å²) in [5, 5.41) is 7.82. The number of carbonyl (C=O) groups excluding carboxylic acids is 1. The molecule has 3 aromatic carbocycles. The summed E-state index contributed by atoms with van der Waals surface area (Å²) in [7, 11) is 0. The molecule has 5 nitrogen and oxygen atoms in total. The van der Waals surface area contributed by atoms with Crippen LogP contribution in [0.5, 0.6) is 0 Å². The maximum absolute atomic E-state index is 12.9. The molecule has 0 aliphatic rings. The number of anilines is 1. The van der Waals surface area contributed by atoms with Gasteiger partial charge in [-0.05, 0) is 56.2 Å². The van der Waals surface area contributed by atoms with Gasteiger partial charge in [0.2, 0.25) is 5.82 Å². The van der Waals surface area contributed by atoms with Crippen molar-refractivity contribution in [1.82, 2.24) is 14.8 Å². The molecule has 0 atom stereocenters. The van der Waals surface area contributed by atoms with E-state index in [0.29, 0.717) is 16.5 Å². The average molecular weight is 417 g/mol. The molecule has 0 aliphatic carbocycles. The highest BCUT2D eigenvalue weighted by Gasteiger charge is 2.20. The van der Waals surface area contributed by atoms with Crippen LogP contribution in [0.3, 0.4) is 0 Å². The summed E-state index contributed by atoms with van der Waals surface area (Å²) in [6.07, 6.45) is 0. The number of hydrogen-bond donors (Lipinski definition) is 1. The lowest BCUT2D eigenvalue weighted by molar-refractivity contribution is 0.101. The van der Waals surface area contributed by atoms with Crippen LogP contribution >= 0.6 is 11.6 Å². The zero-order valence-corrected chi connectivity index (χ0v) is 17.7. The Morgan fingerprint density at radius 3 is 2.47 bits per heavy atom. The van der Waals surface area contributed by atoms with Gasteiger partial charge in [0.05, 0.1) is 16.4 Å². The smallest absolute Gasteiger partial charge is 0.295 e. The lowest BCUT2D eigenvalue weighted by atomic mass is 10.1. The van der Waals surface area contributed by atoms with Crippen molar-refractivity contribution < 1.29 is 4.79 Å². The number of rotatable bonds is 4. The molecule has 0 aliphatic heterocycles. The third-order valence-corrected chi connectivity index (χ3v) is 5.13. The van der Waals surface area contributed by atoms with Crippen molar-refractivity contribution in [2.45, 2.75) is 20.8 Å². The van der Waals surface area contributed by atoms with Gasteiger partial charge in [-0.1, -0.05) is 59.6 Å². The highest BCUT2D eigenvalue weighted by Crippen LogP contribution is 2.26. The molecule has 150 valence electrons. The van der Waals surface area contributed by atoms with Crippen LogP contribution in [0, 0.1) is 20.8 Å². The van der Waals surface area contributed by atoms with E-state index < -0.39 is 5.91 Å². The first kappa shape index (κ1) is 19.9. The van der Waals surface area contributed by atoms with Gasteiger partial charge in [0.25, 0.3) is 5.91 Å². The number of amides is 1. The molecule has 4 rings (SSSR count). The van der Waals surface area contributed by atoms with E-state index >= 15 is 0 Å². The number of carbonyl (C=O) groups is 1. The van der Waals surface area contributed by atoms with Crippen LogP contribution < -0.4 is 5.32 Å². The summed E-state index contributed by atoms with van der Waals surface area (Å²) >= 11 is 6.18. The van der Waals surface area contributed by atoms with Gasteiger partial charge >= 0.3 is 0 Å². The SMILES string of the molecule is Cc1cccc(-c2nc(C(=O)Nc3ccccc3Cl)nn2-c2cc(C)ccc2C)c1. The molecular weight excluding hydrogens is 396 g/mol. The van der Waals surface area contributed by atoms with E-state index in [-0.39, 0.29) is 5.82 Å². The van der Waals surface area contributed by atoms with Crippen LogP contribution in [0.1, 0.15) is 27.3 Å². The molecule has 0 saturated heterocycles. The fourth-order valence-corrected chi connectivity index (χ4v) is 3.42. The Labute approximate surface area is 180 Å². The number of halogens is 1. The Hall–Kier alpha value is -3.44. The molecule has 0 unspecified atom stereocenters. The van der Waals surface area contributed by atoms with E-state index in [1.54, 1.807) is 22.9 Å². The van der Waals surface area contributed by atoms with E-state index in [0.717, 1.165) is 27.9 Å². The van der Waals surface area contributed by atoms with Crippen LogP contribution in [0.15, 0.2) is 66.7 Å². The zero-order valence-electron chi connectivity index (χ0n) is 17.0. The molecule has 1 aromatic heterocycles. The standard InChI is InChI=1S/C24H21ClN4O/c1-15-7-6-8-18(13-15)23-27-22(24(30)26-20-10-5-4-9-19(20)25)28-29(23)21-14-16(2)11-12-17(21)3/h4-14H,1-3H3,(H,26,30). The van der Waals surface area contributed by atoms with Gasteiger partial charge in [-0.3, -0.25) is 4.79 Å². The van der Waals surface area contributed by atoms with Crippen molar-refractivity contribution in [3.8, 4) is 17.1 Å². The number of nitrogens with one attached hydrogen (secondary N) is 1. The fourth-order valence-electron chi connectivity index (χ4n) is 3.24. The average Bonchev–Trinajstić information content (AvgIpc) is 3.17. The second-order valence-electron chi connectivity index (χ2n) is 7.26. The van der Waals surface area contributed by atoms with Gasteiger partial charge in [0, 0.05) is 5.56 Å². The summed E-state index contributed by atoms with van der Waals surface area (Å²) in [5.41, 5.74) is 5.53. The van der Waals surface area contributed by atoms with Gasteiger partial charge in [-0.25, -0.2) is 9.67 Å². The lowest BCUT2D eigenvalue weighted by Crippen LogP contribution is -2.14. The summed E-state index contributed by atoms with van der Waals surface area (Å²) in [6.45, 7) is 6.06. The minimum absolute atomic E-state index is 0.0762. The molecule has 1 N–H and O–H groups in total. The number of para-hydroxylation sites is 1. The zero-order chi connectivity index (χ0) is 21.3. The molecule has 0 saturated carbocycles. The highest BCUT2D eigenvalue weighted by atomic mass is 35.5. The normalized spacial score (nSPS) is 10.8. The maximum Gasteiger partial charge on any atom is 0.295 e. The number of aryl methyl sites for hydroxylation is 3. The van der Waals surface area contributed by atoms with Gasteiger partial charge in [0.1, 0.15) is 0 Å². The van der Waals surface area contributed by atoms with Gasteiger partial charge in [-0.15, -0.1) is 5.10 Å². The van der Waals surface area contributed by atoms with Gasteiger partial charge in [0.15, 0.2) is 5.82 Å². The van der Waals surface area contributed by atoms with Crippen molar-refractivity contribution in [2.75, 3.05) is 5.32 Å². The third kappa shape index (κ3) is 3.98. The predicted octanol–water partition coefficient (Wildman–Crippen LogP) is 5.77. The fraction of sp³-hybridized carbons (Fsp3) is 0.125. The largest absolute Gasteiger partial charge is 0.318 e. The predicted molar refractivity (Wildman–Crippen MR) is 120 cm³/mol. The van der Waals surface area contributed by atoms with Crippen molar-refractivity contribution >= 4 is 23.2 Å². The van der Waals surface area contributed by atoms with Crippen molar-refractivity contribution in [3.05, 3.63) is 94.3 Å². The Bertz CT molecular complexity index is 1250. The molecule has 0 spiro atoms.